The minimum Gasteiger partial charge on any atom is -0.490 e. The summed E-state index contributed by atoms with van der Waals surface area (Å²) >= 11 is 6.38. The topological polar surface area (TPSA) is 105 Å². The molecule has 2 heterocycles. The third-order valence-corrected chi connectivity index (χ3v) is 11.9. The van der Waals surface area contributed by atoms with Crippen molar-refractivity contribution in [2.45, 2.75) is 68.3 Å². The van der Waals surface area contributed by atoms with Crippen LogP contribution in [0.25, 0.3) is 0 Å². The smallest absolute Gasteiger partial charge is 0.264 e. The highest BCUT2D eigenvalue weighted by atomic mass is 35.5. The summed E-state index contributed by atoms with van der Waals surface area (Å²) in [6, 6.07) is 11.3. The highest BCUT2D eigenvalue weighted by molar-refractivity contribution is 7.90. The van der Waals surface area contributed by atoms with Crippen LogP contribution in [0.4, 0.5) is 5.69 Å². The number of nitrogens with zero attached hydrogens (tertiary/aromatic N) is 1. The van der Waals surface area contributed by atoms with E-state index in [9.17, 15) is 18.3 Å². The zero-order valence-corrected chi connectivity index (χ0v) is 25.7. The lowest BCUT2D eigenvalue weighted by Gasteiger charge is -2.45. The maximum absolute atomic E-state index is 13.3. The minimum absolute atomic E-state index is 0.0869. The van der Waals surface area contributed by atoms with E-state index in [-0.39, 0.29) is 22.8 Å². The van der Waals surface area contributed by atoms with Crippen molar-refractivity contribution in [3.63, 3.8) is 0 Å². The summed E-state index contributed by atoms with van der Waals surface area (Å²) in [7, 11) is -2.59. The van der Waals surface area contributed by atoms with E-state index in [1.165, 1.54) is 25.2 Å². The van der Waals surface area contributed by atoms with Crippen molar-refractivity contribution in [3.8, 4) is 5.75 Å². The molecule has 0 unspecified atom stereocenters. The van der Waals surface area contributed by atoms with Crippen molar-refractivity contribution in [1.82, 2.24) is 4.72 Å². The zero-order chi connectivity index (χ0) is 29.6. The zero-order valence-electron chi connectivity index (χ0n) is 24.1. The molecule has 2 N–H and O–H groups in total. The summed E-state index contributed by atoms with van der Waals surface area (Å²) in [5.41, 5.74) is 3.23. The second-order valence-electron chi connectivity index (χ2n) is 12.4. The van der Waals surface area contributed by atoms with E-state index in [2.05, 4.69) is 21.8 Å². The minimum atomic E-state index is -4.05. The molecule has 6 atom stereocenters. The summed E-state index contributed by atoms with van der Waals surface area (Å²) in [6.45, 7) is 3.39. The lowest BCUT2D eigenvalue weighted by Crippen LogP contribution is -2.49. The number of amides is 1. The maximum atomic E-state index is 13.3. The quantitative estimate of drug-likeness (QED) is 0.452. The first-order chi connectivity index (χ1) is 20.1. The van der Waals surface area contributed by atoms with Crippen molar-refractivity contribution >= 4 is 33.2 Å². The summed E-state index contributed by atoms with van der Waals surface area (Å²) in [5, 5.41) is 10.9. The number of hydrogen-bond donors (Lipinski definition) is 2. The van der Waals surface area contributed by atoms with E-state index in [1.54, 1.807) is 30.4 Å². The van der Waals surface area contributed by atoms with Crippen LogP contribution < -0.4 is 14.4 Å². The Morgan fingerprint density at radius 3 is 2.79 bits per heavy atom. The van der Waals surface area contributed by atoms with Gasteiger partial charge in [-0.05, 0) is 98.7 Å². The lowest BCUT2D eigenvalue weighted by molar-refractivity contribution is 0.0452. The molecule has 1 spiro atoms. The molecule has 42 heavy (non-hydrogen) atoms. The summed E-state index contributed by atoms with van der Waals surface area (Å²) in [5.74, 6) is 0.320. The third-order valence-electron chi connectivity index (χ3n) is 9.92. The van der Waals surface area contributed by atoms with Gasteiger partial charge in [-0.2, -0.15) is 0 Å². The standard InChI is InChI=1S/C32H39ClN2O6S/c1-20-29(40-2)7-3-6-28(36)25-11-8-23(25)17-35-18-32(14-4-5-21-15-24(33)10-12-26(21)32)19-41-30-13-9-22(16-27(30)35)31(37)34-42(20,38)39/h3,6,9-10,12-13,15-16,20,23,25,28-29,36H,4-5,7-8,11,14,17-19H2,1-2H3,(H,34,37)/b6-3-/t20-,23+,25-,28+,29+,32+/m1/s1. The molecule has 1 saturated carbocycles. The van der Waals surface area contributed by atoms with Crippen LogP contribution in [-0.4, -0.2) is 63.7 Å². The highest BCUT2D eigenvalue weighted by Crippen LogP contribution is 2.46. The van der Waals surface area contributed by atoms with Gasteiger partial charge in [-0.25, -0.2) is 13.1 Å². The highest BCUT2D eigenvalue weighted by Gasteiger charge is 2.44. The van der Waals surface area contributed by atoms with E-state index in [0.717, 1.165) is 42.8 Å². The Bertz CT molecular complexity index is 1500. The third kappa shape index (κ3) is 5.45. The number of methoxy groups -OCH3 is 1. The van der Waals surface area contributed by atoms with Gasteiger partial charge in [0.15, 0.2) is 0 Å². The van der Waals surface area contributed by atoms with Gasteiger partial charge in [-0.15, -0.1) is 0 Å². The van der Waals surface area contributed by atoms with Gasteiger partial charge in [-0.1, -0.05) is 29.8 Å². The average Bonchev–Trinajstić information content (AvgIpc) is 3.09. The molecule has 10 heteroatoms. The Morgan fingerprint density at radius 2 is 2.02 bits per heavy atom. The van der Waals surface area contributed by atoms with E-state index in [0.29, 0.717) is 31.9 Å². The Morgan fingerprint density at radius 1 is 1.19 bits per heavy atom. The number of hydrogen-bond acceptors (Lipinski definition) is 7. The molecular formula is C32H39ClN2O6S. The normalized spacial score (nSPS) is 33.3. The average molecular weight is 615 g/mol. The van der Waals surface area contributed by atoms with E-state index in [1.807, 2.05) is 6.07 Å². The number of halogens is 1. The molecule has 2 aliphatic carbocycles. The number of benzene rings is 2. The van der Waals surface area contributed by atoms with Gasteiger partial charge >= 0.3 is 0 Å². The second-order valence-corrected chi connectivity index (χ2v) is 14.9. The molecule has 0 radical (unpaired) electrons. The van der Waals surface area contributed by atoms with E-state index < -0.39 is 33.4 Å². The number of nitrogens with one attached hydrogen (secondary N) is 1. The van der Waals surface area contributed by atoms with Crippen LogP contribution >= 0.6 is 11.6 Å². The molecule has 226 valence electrons. The molecule has 1 amide bonds. The SMILES string of the molecule is CO[C@H]1C/C=C\[C@H](O)[C@@H]2CC[C@H]2CN2C[C@@]3(CCCc4cc(Cl)ccc43)COc3ccc(cc32)C(=O)NS(=O)(=O)[C@@H]1C. The first-order valence-corrected chi connectivity index (χ1v) is 16.8. The summed E-state index contributed by atoms with van der Waals surface area (Å²) < 4.78 is 40.7. The molecular weight excluding hydrogens is 576 g/mol. The predicted molar refractivity (Wildman–Crippen MR) is 163 cm³/mol. The number of aryl methyl sites for hydroxylation is 1. The van der Waals surface area contributed by atoms with Crippen LogP contribution in [0.5, 0.6) is 5.75 Å². The number of carbonyl (C=O) groups is 1. The molecule has 6 rings (SSSR count). The Hall–Kier alpha value is -2.59. The largest absolute Gasteiger partial charge is 0.490 e. The van der Waals surface area contributed by atoms with Crippen molar-refractivity contribution in [3.05, 3.63) is 70.3 Å². The van der Waals surface area contributed by atoms with Crippen LogP contribution in [-0.2, 0) is 26.6 Å². The molecule has 2 aromatic rings. The van der Waals surface area contributed by atoms with Gasteiger partial charge < -0.3 is 19.5 Å². The number of sulfonamides is 1. The number of carbonyl (C=O) groups excluding carboxylic acids is 1. The van der Waals surface area contributed by atoms with Crippen molar-refractivity contribution in [1.29, 1.82) is 0 Å². The van der Waals surface area contributed by atoms with Gasteiger partial charge in [0.25, 0.3) is 5.91 Å². The Kier molecular flexibility index (Phi) is 8.06. The molecule has 4 aliphatic rings. The fourth-order valence-corrected chi connectivity index (χ4v) is 8.64. The van der Waals surface area contributed by atoms with Crippen molar-refractivity contribution in [2.24, 2.45) is 11.8 Å². The predicted octanol–water partition coefficient (Wildman–Crippen LogP) is 4.62. The van der Waals surface area contributed by atoms with Crippen molar-refractivity contribution in [2.75, 3.05) is 31.7 Å². The van der Waals surface area contributed by atoms with Gasteiger partial charge in [0.2, 0.25) is 10.0 Å². The number of aliphatic hydroxyl groups is 1. The molecule has 1 fully saturated rings. The van der Waals surface area contributed by atoms with Crippen LogP contribution in [0.1, 0.15) is 60.5 Å². The first kappa shape index (κ1) is 29.5. The monoisotopic (exact) mass is 614 g/mol. The second kappa shape index (κ2) is 11.5. The number of aliphatic hydroxyl groups excluding tert-OH is 1. The van der Waals surface area contributed by atoms with E-state index >= 15 is 0 Å². The summed E-state index contributed by atoms with van der Waals surface area (Å²) in [4.78, 5) is 15.7. The van der Waals surface area contributed by atoms with Crippen LogP contribution in [0.2, 0.25) is 5.02 Å². The van der Waals surface area contributed by atoms with Gasteiger partial charge in [-0.3, -0.25) is 4.79 Å². The number of anilines is 1. The Balaban J connectivity index is 1.42. The number of fused-ring (bicyclic) bond motifs is 4. The summed E-state index contributed by atoms with van der Waals surface area (Å²) in [6.07, 6.45) is 7.41. The van der Waals surface area contributed by atoms with Crippen LogP contribution in [0.15, 0.2) is 48.6 Å². The molecule has 2 aromatic carbocycles. The number of ether oxygens (including phenoxy) is 2. The van der Waals surface area contributed by atoms with Crippen LogP contribution in [0, 0.1) is 11.8 Å². The lowest BCUT2D eigenvalue weighted by atomic mass is 9.68. The fraction of sp³-hybridized carbons (Fsp3) is 0.531. The molecule has 8 nitrogen and oxygen atoms in total. The molecule has 0 saturated heterocycles. The molecule has 2 aliphatic heterocycles. The fourth-order valence-electron chi connectivity index (χ4n) is 7.26. The van der Waals surface area contributed by atoms with Gasteiger partial charge in [0.1, 0.15) is 11.0 Å². The van der Waals surface area contributed by atoms with Crippen molar-refractivity contribution < 1.29 is 27.8 Å². The number of rotatable bonds is 1. The van der Waals surface area contributed by atoms with E-state index in [4.69, 9.17) is 21.1 Å². The first-order valence-electron chi connectivity index (χ1n) is 14.8. The molecule has 0 aromatic heterocycles. The van der Waals surface area contributed by atoms with Crippen LogP contribution in [0.3, 0.4) is 0 Å². The Labute approximate surface area is 253 Å². The molecule has 2 bridgehead atoms. The maximum Gasteiger partial charge on any atom is 0.264 e. The van der Waals surface area contributed by atoms with Gasteiger partial charge in [0.05, 0.1) is 24.5 Å². The van der Waals surface area contributed by atoms with Gasteiger partial charge in [0, 0.05) is 36.2 Å².